The van der Waals surface area contributed by atoms with Crippen LogP contribution in [0.2, 0.25) is 13.1 Å². The first-order valence-corrected chi connectivity index (χ1v) is 15.3. The second-order valence-electron chi connectivity index (χ2n) is 9.69. The summed E-state index contributed by atoms with van der Waals surface area (Å²) in [7, 11) is -1.48. The van der Waals surface area contributed by atoms with E-state index in [1.54, 1.807) is 10.4 Å². The molecule has 2 heteroatoms. The minimum Gasteiger partial charge on any atom is -0.149 e. The second-order valence-corrected chi connectivity index (χ2v) is 14.0. The number of hydrogen-bond acceptors (Lipinski definition) is 0. The van der Waals surface area contributed by atoms with E-state index in [0.717, 1.165) is 0 Å². The van der Waals surface area contributed by atoms with Crippen LogP contribution in [-0.4, -0.2) is 8.07 Å². The van der Waals surface area contributed by atoms with Crippen molar-refractivity contribution in [3.05, 3.63) is 138 Å². The molecule has 0 nitrogen and oxygen atoms in total. The normalized spacial score (nSPS) is 13.2. The Labute approximate surface area is 235 Å². The molecule has 0 aliphatic carbocycles. The van der Waals surface area contributed by atoms with Crippen molar-refractivity contribution < 1.29 is 26.2 Å². The van der Waals surface area contributed by atoms with Crippen molar-refractivity contribution in [3.63, 3.8) is 0 Å². The van der Waals surface area contributed by atoms with Crippen LogP contribution < -0.4 is 10.4 Å². The number of rotatable bonds is 4. The molecule has 0 saturated heterocycles. The molecule has 0 amide bonds. The average Bonchev–Trinajstić information content (AvgIpc) is 3.32. The first-order valence-electron chi connectivity index (χ1n) is 12.3. The van der Waals surface area contributed by atoms with E-state index >= 15 is 0 Å². The van der Waals surface area contributed by atoms with E-state index in [4.69, 9.17) is 0 Å². The van der Waals surface area contributed by atoms with E-state index < -0.39 is 8.07 Å². The average molecular weight is 559 g/mol. The molecule has 5 aromatic rings. The van der Waals surface area contributed by atoms with Gasteiger partial charge >= 0.3 is 0 Å². The van der Waals surface area contributed by atoms with Gasteiger partial charge in [-0.15, -0.1) is 39.7 Å². The number of hydrogen-bond donors (Lipinski definition) is 0. The maximum Gasteiger partial charge on any atom is 0.0576 e. The fourth-order valence-corrected chi connectivity index (χ4v) is 8.95. The van der Waals surface area contributed by atoms with Crippen molar-refractivity contribution in [2.45, 2.75) is 20.0 Å². The van der Waals surface area contributed by atoms with Crippen LogP contribution in [0.25, 0.3) is 34.1 Å². The van der Waals surface area contributed by atoms with Crippen molar-refractivity contribution in [2.24, 2.45) is 0 Å². The van der Waals surface area contributed by atoms with Crippen molar-refractivity contribution in [3.8, 4) is 11.1 Å². The Hall–Kier alpha value is -2.93. The quantitative estimate of drug-likeness (QED) is 0.119. The fourth-order valence-electron chi connectivity index (χ4n) is 5.34. The van der Waals surface area contributed by atoms with Gasteiger partial charge < -0.3 is 0 Å². The van der Waals surface area contributed by atoms with Crippen LogP contribution >= 0.6 is 0 Å². The first kappa shape index (κ1) is 26.1. The molecule has 0 aromatic heterocycles. The van der Waals surface area contributed by atoms with E-state index in [1.807, 2.05) is 36.4 Å². The van der Waals surface area contributed by atoms with Gasteiger partial charge in [-0.05, 0) is 16.7 Å². The van der Waals surface area contributed by atoms with Crippen LogP contribution in [0.3, 0.4) is 0 Å². The summed E-state index contributed by atoms with van der Waals surface area (Å²) in [6, 6.07) is 38.5. The Morgan fingerprint density at radius 3 is 1.67 bits per heavy atom. The topological polar surface area (TPSA) is 0 Å². The van der Waals surface area contributed by atoms with Crippen LogP contribution in [0.4, 0.5) is 0 Å². The van der Waals surface area contributed by atoms with Crippen molar-refractivity contribution in [2.75, 3.05) is 0 Å². The molecule has 0 fully saturated rings. The summed E-state index contributed by atoms with van der Waals surface area (Å²) in [5.41, 5.74) is 6.83. The fraction of sp³-hybridized carbons (Fsp3) is 0.0882. The third kappa shape index (κ3) is 5.26. The molecule has 1 heterocycles. The summed E-state index contributed by atoms with van der Waals surface area (Å²) in [5.74, 6) is 0. The molecule has 5 aromatic carbocycles. The van der Waals surface area contributed by atoms with Gasteiger partial charge in [-0.25, -0.2) is 0 Å². The standard InChI is InChI=1S/C18H17Si.C16H14.Zr/c1-12-11-14-9-10-15-16(13-7-5-4-6-8-13)17(14)18(12)19(15,2)3;1-3-9-15(10-4-1)13-7-8-14-16-11-5-2-6-12-16;/h4-11H,1-3H3;1-14H;/q-1;;. The largest absolute Gasteiger partial charge is 0.149 e. The minimum atomic E-state index is -1.48. The molecule has 0 radical (unpaired) electrons. The number of benzene rings is 4. The van der Waals surface area contributed by atoms with E-state index in [-0.39, 0.29) is 26.2 Å². The smallest absolute Gasteiger partial charge is 0.0576 e. The van der Waals surface area contributed by atoms with Gasteiger partial charge in [0.15, 0.2) is 0 Å². The summed E-state index contributed by atoms with van der Waals surface area (Å²) in [4.78, 5) is 0. The molecule has 0 unspecified atom stereocenters. The number of allylic oxidation sites excluding steroid dienone is 2. The number of fused-ring (bicyclic) bond motifs is 1. The van der Waals surface area contributed by atoms with Gasteiger partial charge in [-0.1, -0.05) is 146 Å². The summed E-state index contributed by atoms with van der Waals surface area (Å²) in [5, 5.41) is 6.24. The molecule has 0 spiro atoms. The molecule has 0 atom stereocenters. The Kier molecular flexibility index (Phi) is 8.29. The van der Waals surface area contributed by atoms with Crippen LogP contribution in [0.1, 0.15) is 16.7 Å². The van der Waals surface area contributed by atoms with Crippen molar-refractivity contribution in [1.82, 2.24) is 0 Å². The summed E-state index contributed by atoms with van der Waals surface area (Å²) >= 11 is 0. The maximum absolute atomic E-state index is 2.49. The molecule has 176 valence electrons. The van der Waals surface area contributed by atoms with Crippen molar-refractivity contribution in [1.29, 1.82) is 0 Å². The van der Waals surface area contributed by atoms with Crippen LogP contribution in [0.15, 0.2) is 121 Å². The Balaban J connectivity index is 0.000000167. The first-order chi connectivity index (χ1) is 17.1. The van der Waals surface area contributed by atoms with Gasteiger partial charge in [-0.3, -0.25) is 0 Å². The van der Waals surface area contributed by atoms with E-state index in [0.29, 0.717) is 0 Å². The molecular weight excluding hydrogens is 528 g/mol. The molecule has 1 aliphatic rings. The van der Waals surface area contributed by atoms with Gasteiger partial charge in [0.25, 0.3) is 0 Å². The third-order valence-electron chi connectivity index (χ3n) is 6.90. The second kappa shape index (κ2) is 11.4. The van der Waals surface area contributed by atoms with Crippen molar-refractivity contribution >= 4 is 41.4 Å². The predicted molar refractivity (Wildman–Crippen MR) is 157 cm³/mol. The van der Waals surface area contributed by atoms with Gasteiger partial charge in [-0.2, -0.15) is 0 Å². The van der Waals surface area contributed by atoms with E-state index in [1.165, 1.54) is 38.6 Å². The Bertz CT molecular complexity index is 1440. The maximum atomic E-state index is 2.49. The molecular formula is C34H31SiZr-. The van der Waals surface area contributed by atoms with Gasteiger partial charge in [0, 0.05) is 26.2 Å². The summed E-state index contributed by atoms with van der Waals surface area (Å²) in [6.07, 6.45) is 8.31. The molecule has 0 N–H and O–H groups in total. The third-order valence-corrected chi connectivity index (χ3v) is 10.6. The predicted octanol–water partition coefficient (Wildman–Crippen LogP) is 8.08. The number of aryl methyl sites for hydroxylation is 1. The summed E-state index contributed by atoms with van der Waals surface area (Å²) < 4.78 is 0. The monoisotopic (exact) mass is 557 g/mol. The zero-order valence-corrected chi connectivity index (χ0v) is 24.7. The molecule has 6 rings (SSSR count). The molecule has 2 bridgehead atoms. The molecule has 0 saturated carbocycles. The zero-order valence-electron chi connectivity index (χ0n) is 21.2. The van der Waals surface area contributed by atoms with Gasteiger partial charge in [0.2, 0.25) is 0 Å². The molecule has 36 heavy (non-hydrogen) atoms. The van der Waals surface area contributed by atoms with Crippen LogP contribution in [0, 0.1) is 6.92 Å². The SMILES string of the molecule is C(C=Cc1ccccc1)=Cc1ccccc1.Cc1[cH-]c2ccc3c(-c4ccccc4)c2c1[Si]3(C)C.[Zr]. The van der Waals surface area contributed by atoms with Crippen LogP contribution in [0.5, 0.6) is 0 Å². The summed E-state index contributed by atoms with van der Waals surface area (Å²) in [6.45, 7) is 7.26. The van der Waals surface area contributed by atoms with E-state index in [2.05, 4.69) is 117 Å². The van der Waals surface area contributed by atoms with E-state index in [9.17, 15) is 0 Å². The Morgan fingerprint density at radius 1 is 0.639 bits per heavy atom. The van der Waals surface area contributed by atoms with Crippen LogP contribution in [-0.2, 0) is 26.2 Å². The Morgan fingerprint density at radius 2 is 1.14 bits per heavy atom. The van der Waals surface area contributed by atoms with Gasteiger partial charge in [0.05, 0.1) is 8.07 Å². The van der Waals surface area contributed by atoms with Gasteiger partial charge in [0.1, 0.15) is 0 Å². The molecule has 1 aliphatic heterocycles. The minimum absolute atomic E-state index is 0. The zero-order chi connectivity index (χ0) is 24.3.